The van der Waals surface area contributed by atoms with Crippen molar-refractivity contribution in [3.63, 3.8) is 0 Å². The molecule has 2 heterocycles. The van der Waals surface area contributed by atoms with Crippen LogP contribution in [-0.4, -0.2) is 40.4 Å². The number of phenols is 1. The van der Waals surface area contributed by atoms with E-state index >= 15 is 0 Å². The maximum Gasteiger partial charge on any atom is 0.223 e. The lowest BCUT2D eigenvalue weighted by Gasteiger charge is -2.39. The topological polar surface area (TPSA) is 43.8 Å². The molecule has 142 valence electrons. The second-order valence-corrected chi connectivity index (χ2v) is 8.38. The molecule has 2 aromatic carbocycles. The quantitative estimate of drug-likeness (QED) is 0.864. The van der Waals surface area contributed by atoms with E-state index in [1.807, 2.05) is 35.2 Å². The summed E-state index contributed by atoms with van der Waals surface area (Å²) in [5, 5.41) is 9.96. The molecule has 0 radical (unpaired) electrons. The highest BCUT2D eigenvalue weighted by atomic mass is 35.5. The van der Waals surface area contributed by atoms with Crippen LogP contribution in [0.25, 0.3) is 0 Å². The van der Waals surface area contributed by atoms with Crippen molar-refractivity contribution in [2.75, 3.05) is 19.6 Å². The fraction of sp³-hybridized carbons (Fsp3) is 0.409. The van der Waals surface area contributed by atoms with E-state index in [1.54, 1.807) is 6.07 Å². The molecule has 2 aliphatic heterocycles. The van der Waals surface area contributed by atoms with Gasteiger partial charge in [-0.1, -0.05) is 48.0 Å². The number of hydrogen-bond donors (Lipinski definition) is 1. The Kier molecular flexibility index (Phi) is 5.11. The highest BCUT2D eigenvalue weighted by Gasteiger charge is 2.44. The van der Waals surface area contributed by atoms with Gasteiger partial charge in [0, 0.05) is 26.1 Å². The van der Waals surface area contributed by atoms with Gasteiger partial charge in [-0.25, -0.2) is 0 Å². The number of rotatable bonds is 4. The number of carbonyl (C=O) groups excluding carboxylic acids is 1. The van der Waals surface area contributed by atoms with Gasteiger partial charge in [0.2, 0.25) is 5.91 Å². The molecular formula is C22H25ClN2O2. The summed E-state index contributed by atoms with van der Waals surface area (Å²) in [6.07, 6.45) is 2.78. The molecule has 2 aliphatic rings. The van der Waals surface area contributed by atoms with Crippen molar-refractivity contribution >= 4 is 17.5 Å². The molecule has 2 fully saturated rings. The van der Waals surface area contributed by atoms with E-state index in [0.29, 0.717) is 11.4 Å². The molecule has 0 atom stereocenters. The van der Waals surface area contributed by atoms with Gasteiger partial charge < -0.3 is 10.0 Å². The van der Waals surface area contributed by atoms with E-state index in [-0.39, 0.29) is 17.1 Å². The Hall–Kier alpha value is -2.04. The maximum absolute atomic E-state index is 12.6. The number of likely N-dealkylation sites (tertiary alicyclic amines) is 2. The summed E-state index contributed by atoms with van der Waals surface area (Å²) in [6.45, 7) is 4.41. The van der Waals surface area contributed by atoms with E-state index in [9.17, 15) is 9.90 Å². The van der Waals surface area contributed by atoms with Crippen molar-refractivity contribution in [1.82, 2.24) is 9.80 Å². The van der Waals surface area contributed by atoms with Gasteiger partial charge in [0.05, 0.1) is 5.02 Å². The van der Waals surface area contributed by atoms with Crippen LogP contribution in [0.3, 0.4) is 0 Å². The molecule has 2 saturated heterocycles. The standard InChI is InChI=1S/C22H25ClN2O2/c23-19-12-18(6-7-20(19)26)14-24-10-8-22(9-11-24)13-21(27)25(16-22)15-17-4-2-1-3-5-17/h1-7,12,26H,8-11,13-16H2. The lowest BCUT2D eigenvalue weighted by Crippen LogP contribution is -2.41. The fourth-order valence-electron chi connectivity index (χ4n) is 4.36. The summed E-state index contributed by atoms with van der Waals surface area (Å²) in [4.78, 5) is 17.0. The summed E-state index contributed by atoms with van der Waals surface area (Å²) >= 11 is 6.02. The molecule has 0 saturated carbocycles. The lowest BCUT2D eigenvalue weighted by atomic mass is 9.77. The molecule has 0 aliphatic carbocycles. The molecule has 27 heavy (non-hydrogen) atoms. The second-order valence-electron chi connectivity index (χ2n) is 7.97. The second kappa shape index (κ2) is 7.53. The predicted octanol–water partition coefficient (Wildman–Crippen LogP) is 4.06. The molecule has 1 amide bonds. The molecule has 5 heteroatoms. The molecule has 0 unspecified atom stereocenters. The maximum atomic E-state index is 12.6. The fourth-order valence-corrected chi connectivity index (χ4v) is 4.56. The van der Waals surface area contributed by atoms with Gasteiger partial charge in [-0.05, 0) is 54.6 Å². The van der Waals surface area contributed by atoms with Crippen LogP contribution in [0.2, 0.25) is 5.02 Å². The van der Waals surface area contributed by atoms with E-state index < -0.39 is 0 Å². The van der Waals surface area contributed by atoms with Gasteiger partial charge >= 0.3 is 0 Å². The summed E-state index contributed by atoms with van der Waals surface area (Å²) in [5.41, 5.74) is 2.45. The normalized spacial score (nSPS) is 19.7. The first-order valence-corrected chi connectivity index (χ1v) is 9.92. The smallest absolute Gasteiger partial charge is 0.223 e. The molecule has 4 nitrogen and oxygen atoms in total. The number of nitrogens with zero attached hydrogens (tertiary/aromatic N) is 2. The van der Waals surface area contributed by atoms with E-state index in [0.717, 1.165) is 51.1 Å². The average molecular weight is 385 g/mol. The van der Waals surface area contributed by atoms with Crippen molar-refractivity contribution in [2.45, 2.75) is 32.4 Å². The van der Waals surface area contributed by atoms with Gasteiger partial charge in [0.15, 0.2) is 0 Å². The Labute approximate surface area is 165 Å². The first-order chi connectivity index (χ1) is 13.0. The van der Waals surface area contributed by atoms with Crippen LogP contribution in [0.4, 0.5) is 0 Å². The third-order valence-electron chi connectivity index (χ3n) is 5.96. The molecule has 2 aromatic rings. The Balaban J connectivity index is 1.34. The summed E-state index contributed by atoms with van der Waals surface area (Å²) in [5.74, 6) is 0.415. The average Bonchev–Trinajstić information content (AvgIpc) is 2.96. The Morgan fingerprint density at radius 3 is 2.44 bits per heavy atom. The Morgan fingerprint density at radius 2 is 1.74 bits per heavy atom. The largest absolute Gasteiger partial charge is 0.506 e. The van der Waals surface area contributed by atoms with Crippen molar-refractivity contribution < 1.29 is 9.90 Å². The third kappa shape index (κ3) is 4.12. The SMILES string of the molecule is O=C1CC2(CCN(Cc3ccc(O)c(Cl)c3)CC2)CN1Cc1ccccc1. The number of piperidine rings is 1. The predicted molar refractivity (Wildman–Crippen MR) is 107 cm³/mol. The number of amides is 1. The summed E-state index contributed by atoms with van der Waals surface area (Å²) in [7, 11) is 0. The monoisotopic (exact) mass is 384 g/mol. The summed E-state index contributed by atoms with van der Waals surface area (Å²) < 4.78 is 0. The number of aromatic hydroxyl groups is 1. The molecular weight excluding hydrogens is 360 g/mol. The summed E-state index contributed by atoms with van der Waals surface area (Å²) in [6, 6.07) is 15.6. The Bertz CT molecular complexity index is 816. The van der Waals surface area contributed by atoms with Crippen LogP contribution in [0, 0.1) is 5.41 Å². The number of phenolic OH excluding ortho intramolecular Hbond substituents is 1. The minimum Gasteiger partial charge on any atom is -0.506 e. The van der Waals surface area contributed by atoms with Crippen LogP contribution >= 0.6 is 11.6 Å². The molecule has 0 bridgehead atoms. The first-order valence-electron chi connectivity index (χ1n) is 9.55. The van der Waals surface area contributed by atoms with Crippen LogP contribution in [0.1, 0.15) is 30.4 Å². The van der Waals surface area contributed by atoms with Gasteiger partial charge in [-0.15, -0.1) is 0 Å². The van der Waals surface area contributed by atoms with Crippen molar-refractivity contribution in [1.29, 1.82) is 0 Å². The molecule has 4 rings (SSSR count). The highest BCUT2D eigenvalue weighted by Crippen LogP contribution is 2.41. The lowest BCUT2D eigenvalue weighted by molar-refractivity contribution is -0.128. The third-order valence-corrected chi connectivity index (χ3v) is 6.26. The zero-order valence-corrected chi connectivity index (χ0v) is 16.2. The van der Waals surface area contributed by atoms with Gasteiger partial charge in [-0.3, -0.25) is 9.69 Å². The van der Waals surface area contributed by atoms with E-state index in [2.05, 4.69) is 17.0 Å². The van der Waals surface area contributed by atoms with E-state index in [4.69, 9.17) is 11.6 Å². The minimum atomic E-state index is 0.126. The molecule has 1 N–H and O–H groups in total. The van der Waals surface area contributed by atoms with Gasteiger partial charge in [0.1, 0.15) is 5.75 Å². The zero-order valence-electron chi connectivity index (χ0n) is 15.4. The first kappa shape index (κ1) is 18.3. The number of benzene rings is 2. The minimum absolute atomic E-state index is 0.126. The number of hydrogen-bond acceptors (Lipinski definition) is 3. The zero-order chi connectivity index (χ0) is 18.9. The highest BCUT2D eigenvalue weighted by molar-refractivity contribution is 6.32. The molecule has 0 aromatic heterocycles. The van der Waals surface area contributed by atoms with Gasteiger partial charge in [-0.2, -0.15) is 0 Å². The van der Waals surface area contributed by atoms with Gasteiger partial charge in [0.25, 0.3) is 0 Å². The Morgan fingerprint density at radius 1 is 1.00 bits per heavy atom. The van der Waals surface area contributed by atoms with Crippen molar-refractivity contribution in [3.05, 3.63) is 64.7 Å². The van der Waals surface area contributed by atoms with Crippen molar-refractivity contribution in [3.8, 4) is 5.75 Å². The van der Waals surface area contributed by atoms with Crippen LogP contribution < -0.4 is 0 Å². The molecule has 1 spiro atoms. The number of halogens is 1. The van der Waals surface area contributed by atoms with E-state index in [1.165, 1.54) is 5.56 Å². The van der Waals surface area contributed by atoms with Crippen LogP contribution in [0.5, 0.6) is 5.75 Å². The number of carbonyl (C=O) groups is 1. The van der Waals surface area contributed by atoms with Crippen LogP contribution in [-0.2, 0) is 17.9 Å². The van der Waals surface area contributed by atoms with Crippen molar-refractivity contribution in [2.24, 2.45) is 5.41 Å². The van der Waals surface area contributed by atoms with Crippen LogP contribution in [0.15, 0.2) is 48.5 Å².